The molecule has 0 spiro atoms. The number of amides is 2. The van der Waals surface area contributed by atoms with Crippen molar-refractivity contribution in [3.05, 3.63) is 18.7 Å². The molecule has 86 valence electrons. The summed E-state index contributed by atoms with van der Waals surface area (Å²) in [5.41, 5.74) is 0.321. The molecule has 1 atom stereocenters. The Bertz CT molecular complexity index is 370. The summed E-state index contributed by atoms with van der Waals surface area (Å²) in [5.74, 6) is -1.32. The van der Waals surface area contributed by atoms with E-state index in [0.717, 1.165) is 0 Å². The summed E-state index contributed by atoms with van der Waals surface area (Å²) in [6, 6.07) is -2.10. The van der Waals surface area contributed by atoms with Gasteiger partial charge in [-0.2, -0.15) is 0 Å². The maximum atomic E-state index is 11.2. The molecule has 0 unspecified atom stereocenters. The molecule has 2 amide bonds. The van der Waals surface area contributed by atoms with Crippen LogP contribution >= 0.6 is 0 Å². The van der Waals surface area contributed by atoms with Crippen LogP contribution in [0.4, 0.5) is 10.5 Å². The van der Waals surface area contributed by atoms with Gasteiger partial charge in [-0.25, -0.2) is 19.6 Å². The maximum Gasteiger partial charge on any atom is 0.328 e. The average molecular weight is 226 g/mol. The van der Waals surface area contributed by atoms with Crippen molar-refractivity contribution in [3.63, 3.8) is 0 Å². The highest BCUT2D eigenvalue weighted by atomic mass is 16.4. The predicted molar refractivity (Wildman–Crippen MR) is 52.7 cm³/mol. The third-order valence-electron chi connectivity index (χ3n) is 1.60. The van der Waals surface area contributed by atoms with Gasteiger partial charge in [0.15, 0.2) is 6.04 Å². The Kier molecular flexibility index (Phi) is 4.16. The average Bonchev–Trinajstić information content (AvgIpc) is 2.27. The Labute approximate surface area is 90.3 Å². The minimum atomic E-state index is -1.34. The Morgan fingerprint density at radius 2 is 2.00 bits per heavy atom. The third-order valence-corrected chi connectivity index (χ3v) is 1.60. The molecule has 8 heteroatoms. The molecule has 0 aliphatic carbocycles. The molecular weight excluding hydrogens is 216 g/mol. The SMILES string of the molecule is O=C(Nc1cncnc1)N[C@H](CO)C(=O)O. The molecule has 0 saturated heterocycles. The van der Waals surface area contributed by atoms with Gasteiger partial charge in [-0.3, -0.25) is 0 Å². The summed E-state index contributed by atoms with van der Waals surface area (Å²) < 4.78 is 0. The molecular formula is C8H10N4O4. The van der Waals surface area contributed by atoms with Crippen molar-refractivity contribution in [2.45, 2.75) is 6.04 Å². The van der Waals surface area contributed by atoms with E-state index in [2.05, 4.69) is 20.6 Å². The maximum absolute atomic E-state index is 11.2. The van der Waals surface area contributed by atoms with Crippen LogP contribution in [0.5, 0.6) is 0 Å². The lowest BCUT2D eigenvalue weighted by Gasteiger charge is -2.11. The van der Waals surface area contributed by atoms with Crippen molar-refractivity contribution < 1.29 is 19.8 Å². The van der Waals surface area contributed by atoms with Crippen LogP contribution < -0.4 is 10.6 Å². The molecule has 0 saturated carbocycles. The van der Waals surface area contributed by atoms with E-state index in [4.69, 9.17) is 10.2 Å². The highest BCUT2D eigenvalue weighted by molar-refractivity contribution is 5.91. The minimum absolute atomic E-state index is 0.321. The second-order valence-electron chi connectivity index (χ2n) is 2.80. The van der Waals surface area contributed by atoms with Crippen LogP contribution in [0.2, 0.25) is 0 Å². The van der Waals surface area contributed by atoms with Gasteiger partial charge in [0.05, 0.1) is 24.7 Å². The zero-order valence-corrected chi connectivity index (χ0v) is 8.12. The number of carboxylic acid groups (broad SMARTS) is 1. The van der Waals surface area contributed by atoms with E-state index in [-0.39, 0.29) is 0 Å². The summed E-state index contributed by atoms with van der Waals surface area (Å²) in [7, 11) is 0. The van der Waals surface area contributed by atoms with Crippen molar-refractivity contribution in [2.24, 2.45) is 0 Å². The standard InChI is InChI=1S/C8H10N4O4/c13-3-6(7(14)15)12-8(16)11-5-1-9-4-10-2-5/h1-2,4,6,13H,3H2,(H,14,15)(H2,11,12,16)/t6-/m1/s1. The van der Waals surface area contributed by atoms with Crippen LogP contribution in [-0.2, 0) is 4.79 Å². The first-order valence-corrected chi connectivity index (χ1v) is 4.29. The first-order valence-electron chi connectivity index (χ1n) is 4.29. The lowest BCUT2D eigenvalue weighted by molar-refractivity contribution is -0.140. The molecule has 0 bridgehead atoms. The molecule has 1 rings (SSSR count). The van der Waals surface area contributed by atoms with Crippen molar-refractivity contribution in [1.82, 2.24) is 15.3 Å². The van der Waals surface area contributed by atoms with Crippen LogP contribution in [0.3, 0.4) is 0 Å². The fraction of sp³-hybridized carbons (Fsp3) is 0.250. The van der Waals surface area contributed by atoms with E-state index in [9.17, 15) is 9.59 Å². The van der Waals surface area contributed by atoms with Gasteiger partial charge in [0.2, 0.25) is 0 Å². The molecule has 0 aliphatic rings. The van der Waals surface area contributed by atoms with Crippen molar-refractivity contribution in [2.75, 3.05) is 11.9 Å². The molecule has 1 aromatic rings. The van der Waals surface area contributed by atoms with E-state index in [1.807, 2.05) is 0 Å². The van der Waals surface area contributed by atoms with Crippen LogP contribution in [0.1, 0.15) is 0 Å². The number of rotatable bonds is 4. The second kappa shape index (κ2) is 5.61. The first kappa shape index (κ1) is 11.9. The molecule has 0 radical (unpaired) electrons. The number of urea groups is 1. The fourth-order valence-corrected chi connectivity index (χ4v) is 0.875. The normalized spacial score (nSPS) is 11.6. The molecule has 1 aromatic heterocycles. The van der Waals surface area contributed by atoms with Crippen molar-refractivity contribution in [3.8, 4) is 0 Å². The van der Waals surface area contributed by atoms with Gasteiger partial charge >= 0.3 is 12.0 Å². The first-order chi connectivity index (χ1) is 7.63. The number of aliphatic hydroxyl groups excluding tert-OH is 1. The summed E-state index contributed by atoms with van der Waals surface area (Å²) >= 11 is 0. The summed E-state index contributed by atoms with van der Waals surface area (Å²) in [4.78, 5) is 29.0. The summed E-state index contributed by atoms with van der Waals surface area (Å²) in [6.45, 7) is -0.686. The molecule has 0 fully saturated rings. The Balaban J connectivity index is 2.50. The number of hydrogen-bond acceptors (Lipinski definition) is 5. The van der Waals surface area contributed by atoms with E-state index in [1.165, 1.54) is 18.7 Å². The third kappa shape index (κ3) is 3.50. The van der Waals surface area contributed by atoms with E-state index in [0.29, 0.717) is 5.69 Å². The highest BCUT2D eigenvalue weighted by Gasteiger charge is 2.18. The molecule has 16 heavy (non-hydrogen) atoms. The highest BCUT2D eigenvalue weighted by Crippen LogP contribution is 1.99. The largest absolute Gasteiger partial charge is 0.480 e. The van der Waals surface area contributed by atoms with Gasteiger partial charge in [-0.05, 0) is 0 Å². The van der Waals surface area contributed by atoms with Crippen LogP contribution in [0.15, 0.2) is 18.7 Å². The predicted octanol–water partition coefficient (Wildman–Crippen LogP) is -0.956. The van der Waals surface area contributed by atoms with Crippen LogP contribution in [0.25, 0.3) is 0 Å². The number of aliphatic carboxylic acids is 1. The summed E-state index contributed by atoms with van der Waals surface area (Å²) in [5, 5.41) is 21.6. The number of carbonyl (C=O) groups is 2. The summed E-state index contributed by atoms with van der Waals surface area (Å²) in [6.07, 6.45) is 3.99. The Hall–Kier alpha value is -2.22. The molecule has 0 aromatic carbocycles. The Morgan fingerprint density at radius 1 is 1.38 bits per heavy atom. The zero-order chi connectivity index (χ0) is 12.0. The van der Waals surface area contributed by atoms with E-state index in [1.54, 1.807) is 0 Å². The van der Waals surface area contributed by atoms with Gasteiger partial charge in [-0.1, -0.05) is 0 Å². The number of nitrogens with one attached hydrogen (secondary N) is 2. The number of anilines is 1. The number of aliphatic hydroxyl groups is 1. The lowest BCUT2D eigenvalue weighted by atomic mass is 10.3. The van der Waals surface area contributed by atoms with Gasteiger partial charge in [0.25, 0.3) is 0 Å². The quantitative estimate of drug-likeness (QED) is 0.524. The smallest absolute Gasteiger partial charge is 0.328 e. The monoisotopic (exact) mass is 226 g/mol. The second-order valence-corrected chi connectivity index (χ2v) is 2.80. The Morgan fingerprint density at radius 3 is 2.50 bits per heavy atom. The van der Waals surface area contributed by atoms with E-state index >= 15 is 0 Å². The van der Waals surface area contributed by atoms with Gasteiger partial charge in [0, 0.05) is 0 Å². The topological polar surface area (TPSA) is 124 Å². The minimum Gasteiger partial charge on any atom is -0.480 e. The number of carbonyl (C=O) groups excluding carboxylic acids is 1. The fourth-order valence-electron chi connectivity index (χ4n) is 0.875. The van der Waals surface area contributed by atoms with Crippen LogP contribution in [0, 0.1) is 0 Å². The molecule has 0 aliphatic heterocycles. The number of aromatic nitrogens is 2. The number of nitrogens with zero attached hydrogens (tertiary/aromatic N) is 2. The lowest BCUT2D eigenvalue weighted by Crippen LogP contribution is -2.45. The zero-order valence-electron chi connectivity index (χ0n) is 8.12. The number of carboxylic acids is 1. The van der Waals surface area contributed by atoms with Crippen molar-refractivity contribution >= 4 is 17.7 Å². The molecule has 1 heterocycles. The number of hydrogen-bond donors (Lipinski definition) is 4. The molecule has 8 nitrogen and oxygen atoms in total. The van der Waals surface area contributed by atoms with Gasteiger partial charge in [0.1, 0.15) is 6.33 Å². The molecule has 4 N–H and O–H groups in total. The van der Waals surface area contributed by atoms with Gasteiger partial charge in [-0.15, -0.1) is 0 Å². The van der Waals surface area contributed by atoms with E-state index < -0.39 is 24.6 Å². The van der Waals surface area contributed by atoms with Crippen LogP contribution in [-0.4, -0.2) is 44.8 Å². The van der Waals surface area contributed by atoms with Crippen molar-refractivity contribution in [1.29, 1.82) is 0 Å². The van der Waals surface area contributed by atoms with Gasteiger partial charge < -0.3 is 20.8 Å².